The molecule has 1 amide bonds. The lowest BCUT2D eigenvalue weighted by atomic mass is 10.3. The largest absolute Gasteiger partial charge is 0.484 e. The van der Waals surface area contributed by atoms with Gasteiger partial charge in [-0.3, -0.25) is 9.89 Å². The highest BCUT2D eigenvalue weighted by Crippen LogP contribution is 2.14. The second-order valence-corrected chi connectivity index (χ2v) is 3.38. The van der Waals surface area contributed by atoms with Crippen molar-refractivity contribution < 1.29 is 9.53 Å². The number of hydrogen-bond donors (Lipinski definition) is 3. The molecule has 2 rings (SSSR count). The minimum Gasteiger partial charge on any atom is -0.484 e. The molecular weight excluding hydrogens is 220 g/mol. The Morgan fingerprint density at radius 1 is 1.47 bits per heavy atom. The number of nitrogens with two attached hydrogens (primary N) is 1. The molecule has 0 aliphatic heterocycles. The van der Waals surface area contributed by atoms with Crippen LogP contribution in [0.5, 0.6) is 5.75 Å². The summed E-state index contributed by atoms with van der Waals surface area (Å²) >= 11 is 0. The standard InChI is InChI=1S/C11H12N4O2/c12-8-2-1-3-9(6-8)17-7-11(16)14-10-4-5-13-15-10/h1-6H,7,12H2,(H2,13,14,15,16). The Morgan fingerprint density at radius 2 is 2.35 bits per heavy atom. The molecule has 2 aromatic rings. The smallest absolute Gasteiger partial charge is 0.263 e. The SMILES string of the molecule is Nc1cccc(OCC(=O)Nc2ccn[nH]2)c1. The molecule has 0 unspecified atom stereocenters. The molecule has 6 heteroatoms. The van der Waals surface area contributed by atoms with Crippen molar-refractivity contribution in [2.45, 2.75) is 0 Å². The van der Waals surface area contributed by atoms with E-state index in [9.17, 15) is 4.79 Å². The fraction of sp³-hybridized carbons (Fsp3) is 0.0909. The number of benzene rings is 1. The van der Waals surface area contributed by atoms with Crippen LogP contribution in [-0.4, -0.2) is 22.7 Å². The van der Waals surface area contributed by atoms with Crippen molar-refractivity contribution >= 4 is 17.4 Å². The van der Waals surface area contributed by atoms with E-state index in [4.69, 9.17) is 10.5 Å². The molecule has 0 aliphatic carbocycles. The van der Waals surface area contributed by atoms with Crippen LogP contribution in [0.3, 0.4) is 0 Å². The van der Waals surface area contributed by atoms with Crippen molar-refractivity contribution in [2.75, 3.05) is 17.7 Å². The number of H-pyrrole nitrogens is 1. The molecule has 0 aliphatic rings. The van der Waals surface area contributed by atoms with Crippen LogP contribution < -0.4 is 15.8 Å². The highest BCUT2D eigenvalue weighted by Gasteiger charge is 2.04. The van der Waals surface area contributed by atoms with Crippen LogP contribution in [0.4, 0.5) is 11.5 Å². The van der Waals surface area contributed by atoms with Crippen LogP contribution in [-0.2, 0) is 4.79 Å². The van der Waals surface area contributed by atoms with Gasteiger partial charge in [0.05, 0.1) is 6.20 Å². The van der Waals surface area contributed by atoms with E-state index in [0.29, 0.717) is 17.3 Å². The van der Waals surface area contributed by atoms with E-state index in [-0.39, 0.29) is 12.5 Å². The van der Waals surface area contributed by atoms with E-state index in [1.54, 1.807) is 36.5 Å². The third-order valence-electron chi connectivity index (χ3n) is 2.00. The van der Waals surface area contributed by atoms with Gasteiger partial charge >= 0.3 is 0 Å². The van der Waals surface area contributed by atoms with Gasteiger partial charge in [-0.05, 0) is 12.1 Å². The van der Waals surface area contributed by atoms with Crippen LogP contribution in [0.25, 0.3) is 0 Å². The highest BCUT2D eigenvalue weighted by atomic mass is 16.5. The van der Waals surface area contributed by atoms with Crippen LogP contribution in [0, 0.1) is 0 Å². The monoisotopic (exact) mass is 232 g/mol. The van der Waals surface area contributed by atoms with Crippen LogP contribution in [0.1, 0.15) is 0 Å². The molecule has 88 valence electrons. The molecule has 0 saturated carbocycles. The number of anilines is 2. The molecular formula is C11H12N4O2. The minimum absolute atomic E-state index is 0.0809. The molecule has 6 nitrogen and oxygen atoms in total. The zero-order valence-corrected chi connectivity index (χ0v) is 9.01. The van der Waals surface area contributed by atoms with E-state index in [0.717, 1.165) is 0 Å². The molecule has 0 radical (unpaired) electrons. The lowest BCUT2D eigenvalue weighted by Gasteiger charge is -2.06. The summed E-state index contributed by atoms with van der Waals surface area (Å²) in [4.78, 5) is 11.5. The predicted molar refractivity (Wildman–Crippen MR) is 63.6 cm³/mol. The number of carbonyl (C=O) groups excluding carboxylic acids is 1. The number of rotatable bonds is 4. The Kier molecular flexibility index (Phi) is 3.25. The van der Waals surface area contributed by atoms with Gasteiger partial charge in [0.1, 0.15) is 11.6 Å². The fourth-order valence-electron chi connectivity index (χ4n) is 1.27. The maximum atomic E-state index is 11.5. The molecule has 1 aromatic carbocycles. The maximum absolute atomic E-state index is 11.5. The molecule has 0 bridgehead atoms. The van der Waals surface area contributed by atoms with Gasteiger partial charge in [0, 0.05) is 17.8 Å². The quantitative estimate of drug-likeness (QED) is 0.686. The number of aromatic amines is 1. The first-order valence-corrected chi connectivity index (χ1v) is 5.01. The molecule has 1 aromatic heterocycles. The van der Waals surface area contributed by atoms with E-state index >= 15 is 0 Å². The van der Waals surface area contributed by atoms with Gasteiger partial charge in [0.15, 0.2) is 6.61 Å². The third-order valence-corrected chi connectivity index (χ3v) is 2.00. The summed E-state index contributed by atoms with van der Waals surface area (Å²) < 4.78 is 5.27. The van der Waals surface area contributed by atoms with Crippen molar-refractivity contribution in [3.8, 4) is 5.75 Å². The minimum atomic E-state index is -0.267. The molecule has 0 saturated heterocycles. The van der Waals surface area contributed by atoms with Crippen molar-refractivity contribution in [3.63, 3.8) is 0 Å². The molecule has 1 heterocycles. The van der Waals surface area contributed by atoms with E-state index in [1.807, 2.05) is 0 Å². The number of nitrogen functional groups attached to an aromatic ring is 1. The third kappa shape index (κ3) is 3.23. The van der Waals surface area contributed by atoms with Gasteiger partial charge in [0.25, 0.3) is 5.91 Å². The number of amides is 1. The summed E-state index contributed by atoms with van der Waals surface area (Å²) in [5.41, 5.74) is 6.17. The molecule has 0 atom stereocenters. The second-order valence-electron chi connectivity index (χ2n) is 3.38. The van der Waals surface area contributed by atoms with Gasteiger partial charge < -0.3 is 15.8 Å². The van der Waals surface area contributed by atoms with Gasteiger partial charge in [-0.15, -0.1) is 0 Å². The van der Waals surface area contributed by atoms with Crippen LogP contribution in [0.2, 0.25) is 0 Å². The number of carbonyl (C=O) groups is 1. The Bertz CT molecular complexity index is 496. The second kappa shape index (κ2) is 5.02. The first-order valence-electron chi connectivity index (χ1n) is 5.01. The lowest BCUT2D eigenvalue weighted by Crippen LogP contribution is -2.20. The van der Waals surface area contributed by atoms with Crippen LogP contribution in [0.15, 0.2) is 36.5 Å². The van der Waals surface area contributed by atoms with E-state index < -0.39 is 0 Å². The number of nitrogens with one attached hydrogen (secondary N) is 2. The maximum Gasteiger partial charge on any atom is 0.263 e. The molecule has 0 fully saturated rings. The first-order chi connectivity index (χ1) is 8.24. The number of aromatic nitrogens is 2. The normalized spacial score (nSPS) is 9.88. The first kappa shape index (κ1) is 11.0. The van der Waals surface area contributed by atoms with Crippen LogP contribution >= 0.6 is 0 Å². The topological polar surface area (TPSA) is 93.0 Å². The molecule has 17 heavy (non-hydrogen) atoms. The average Bonchev–Trinajstić information content (AvgIpc) is 2.79. The van der Waals surface area contributed by atoms with E-state index in [2.05, 4.69) is 15.5 Å². The van der Waals surface area contributed by atoms with Gasteiger partial charge in [-0.2, -0.15) is 5.10 Å². The molecule has 0 spiro atoms. The number of ether oxygens (including phenoxy) is 1. The number of nitrogens with zero attached hydrogens (tertiary/aromatic N) is 1. The van der Waals surface area contributed by atoms with Crippen molar-refractivity contribution in [3.05, 3.63) is 36.5 Å². The Balaban J connectivity index is 1.84. The summed E-state index contributed by atoms with van der Waals surface area (Å²) in [5, 5.41) is 8.92. The van der Waals surface area contributed by atoms with E-state index in [1.165, 1.54) is 0 Å². The summed E-state index contributed by atoms with van der Waals surface area (Å²) in [6.07, 6.45) is 1.55. The van der Waals surface area contributed by atoms with Crippen molar-refractivity contribution in [1.82, 2.24) is 10.2 Å². The fourth-order valence-corrected chi connectivity index (χ4v) is 1.27. The summed E-state index contributed by atoms with van der Waals surface area (Å²) in [7, 11) is 0. The van der Waals surface area contributed by atoms with Gasteiger partial charge in [-0.1, -0.05) is 6.07 Å². The van der Waals surface area contributed by atoms with Crippen molar-refractivity contribution in [2.24, 2.45) is 0 Å². The average molecular weight is 232 g/mol. The Hall–Kier alpha value is -2.50. The van der Waals surface area contributed by atoms with Crippen molar-refractivity contribution in [1.29, 1.82) is 0 Å². The van der Waals surface area contributed by atoms with Gasteiger partial charge in [-0.25, -0.2) is 0 Å². The Morgan fingerprint density at radius 3 is 3.06 bits per heavy atom. The zero-order valence-electron chi connectivity index (χ0n) is 9.01. The summed E-state index contributed by atoms with van der Waals surface area (Å²) in [6, 6.07) is 8.55. The number of hydrogen-bond acceptors (Lipinski definition) is 4. The van der Waals surface area contributed by atoms with Gasteiger partial charge in [0.2, 0.25) is 0 Å². The Labute approximate surface area is 97.8 Å². The summed E-state index contributed by atoms with van der Waals surface area (Å²) in [6.45, 7) is -0.0809. The predicted octanol–water partition coefficient (Wildman–Crippen LogP) is 1.01. The summed E-state index contributed by atoms with van der Waals surface area (Å²) in [5.74, 6) is 0.826. The molecule has 4 N–H and O–H groups in total. The zero-order chi connectivity index (χ0) is 12.1. The lowest BCUT2D eigenvalue weighted by molar-refractivity contribution is -0.118. The highest BCUT2D eigenvalue weighted by molar-refractivity contribution is 5.90.